The molecule has 0 fully saturated rings. The van der Waals surface area contributed by atoms with E-state index in [1.54, 1.807) is 49.5 Å². The maximum absolute atomic E-state index is 13.3. The van der Waals surface area contributed by atoms with Crippen molar-refractivity contribution in [3.63, 3.8) is 0 Å². The van der Waals surface area contributed by atoms with Gasteiger partial charge >= 0.3 is 5.97 Å². The molecule has 37 heavy (non-hydrogen) atoms. The quantitative estimate of drug-likeness (QED) is 0.389. The first-order valence-corrected chi connectivity index (χ1v) is 13.0. The minimum Gasteiger partial charge on any atom is -0.497 e. The number of methoxy groups -OCH3 is 2. The Morgan fingerprint density at radius 3 is 2.43 bits per heavy atom. The number of nitrogens with zero attached hydrogens (tertiary/aromatic N) is 2. The van der Waals surface area contributed by atoms with E-state index in [9.17, 15) is 9.59 Å². The lowest BCUT2D eigenvalue weighted by molar-refractivity contribution is -0.139. The highest BCUT2D eigenvalue weighted by Gasteiger charge is 2.42. The van der Waals surface area contributed by atoms with Gasteiger partial charge in [0.1, 0.15) is 23.4 Å². The zero-order chi connectivity index (χ0) is 26.9. The molecule has 1 unspecified atom stereocenters. The summed E-state index contributed by atoms with van der Waals surface area (Å²) in [7, 11) is 3.08. The molecule has 0 saturated heterocycles. The highest BCUT2D eigenvalue weighted by Crippen LogP contribution is 2.46. The molecule has 2 aliphatic heterocycles. The molecule has 1 atom stereocenters. The van der Waals surface area contributed by atoms with Crippen LogP contribution in [0.1, 0.15) is 35.8 Å². The number of nitrogens with one attached hydrogen (secondary N) is 1. The fourth-order valence-electron chi connectivity index (χ4n) is 4.02. The van der Waals surface area contributed by atoms with E-state index in [1.807, 2.05) is 0 Å². The highest BCUT2D eigenvalue weighted by molar-refractivity contribution is 8.16. The number of rotatable bonds is 7. The Balaban J connectivity index is 1.80. The van der Waals surface area contributed by atoms with Gasteiger partial charge in [-0.2, -0.15) is 0 Å². The second-order valence-electron chi connectivity index (χ2n) is 7.81. The first kappa shape index (κ1) is 27.2. The van der Waals surface area contributed by atoms with E-state index < -0.39 is 17.9 Å². The van der Waals surface area contributed by atoms with Crippen molar-refractivity contribution in [3.8, 4) is 11.5 Å². The highest BCUT2D eigenvalue weighted by atomic mass is 35.5. The van der Waals surface area contributed by atoms with Crippen LogP contribution in [0.5, 0.6) is 11.5 Å². The zero-order valence-electron chi connectivity index (χ0n) is 20.2. The average molecular weight is 583 g/mol. The molecular formula is C25H22Cl3N3O5S. The van der Waals surface area contributed by atoms with Crippen LogP contribution < -0.4 is 14.8 Å². The van der Waals surface area contributed by atoms with Crippen LogP contribution in [0.2, 0.25) is 15.1 Å². The lowest BCUT2D eigenvalue weighted by atomic mass is 9.93. The number of thioether (sulfide) groups is 1. The van der Waals surface area contributed by atoms with Gasteiger partial charge in [0, 0.05) is 22.1 Å². The first-order valence-electron chi connectivity index (χ1n) is 11.0. The molecule has 194 valence electrons. The van der Waals surface area contributed by atoms with E-state index in [0.717, 1.165) is 0 Å². The van der Waals surface area contributed by atoms with Gasteiger partial charge in [0.2, 0.25) is 0 Å². The molecule has 0 radical (unpaired) electrons. The van der Waals surface area contributed by atoms with E-state index in [2.05, 4.69) is 10.3 Å². The monoisotopic (exact) mass is 581 g/mol. The van der Waals surface area contributed by atoms with Crippen molar-refractivity contribution < 1.29 is 23.8 Å². The fourth-order valence-corrected chi connectivity index (χ4v) is 5.91. The Morgan fingerprint density at radius 2 is 1.81 bits per heavy atom. The molecule has 2 heterocycles. The minimum absolute atomic E-state index is 0.0666. The van der Waals surface area contributed by atoms with E-state index in [-0.39, 0.29) is 22.2 Å². The normalized spacial score (nSPS) is 16.6. The summed E-state index contributed by atoms with van der Waals surface area (Å²) in [5.41, 5.74) is 1.50. The molecule has 1 amide bonds. The van der Waals surface area contributed by atoms with Gasteiger partial charge in [0.05, 0.1) is 47.7 Å². The predicted octanol–water partition coefficient (Wildman–Crippen LogP) is 6.19. The number of aliphatic imine (C=N–C) groups is 1. The number of benzene rings is 2. The standard InChI is InChI=1S/C25H22Cl3N3O5S/c1-5-36-24(33)20-12(2)29-25-31(22(20)15-7-6-14(34-3)10-18(15)35-4)19(11-37-25)30-23(32)21-16(27)8-13(26)9-17(21)28/h6-11,22H,5H2,1-4H3,(H,30,32). The molecule has 2 aromatic carbocycles. The summed E-state index contributed by atoms with van der Waals surface area (Å²) in [4.78, 5) is 32.8. The van der Waals surface area contributed by atoms with Crippen molar-refractivity contribution in [3.05, 3.63) is 79.0 Å². The minimum atomic E-state index is -0.731. The number of esters is 1. The van der Waals surface area contributed by atoms with Crippen LogP contribution in [-0.4, -0.2) is 42.8 Å². The maximum atomic E-state index is 13.3. The van der Waals surface area contributed by atoms with Crippen molar-refractivity contribution in [1.29, 1.82) is 0 Å². The Labute approximate surface area is 233 Å². The fraction of sp³-hybridized carbons (Fsp3) is 0.240. The third kappa shape index (κ3) is 5.27. The Morgan fingerprint density at radius 1 is 1.11 bits per heavy atom. The molecule has 1 N–H and O–H groups in total. The summed E-state index contributed by atoms with van der Waals surface area (Å²) in [6, 6.07) is 7.42. The van der Waals surface area contributed by atoms with Crippen molar-refractivity contribution in [2.45, 2.75) is 19.9 Å². The van der Waals surface area contributed by atoms with Crippen molar-refractivity contribution >= 4 is 63.6 Å². The van der Waals surface area contributed by atoms with Gasteiger partial charge < -0.3 is 19.5 Å². The second kappa shape index (κ2) is 11.3. The first-order chi connectivity index (χ1) is 17.7. The van der Waals surface area contributed by atoms with E-state index in [4.69, 9.17) is 49.0 Å². The number of hydrogen-bond acceptors (Lipinski definition) is 8. The molecule has 0 aromatic heterocycles. The van der Waals surface area contributed by atoms with Crippen molar-refractivity contribution in [2.75, 3.05) is 20.8 Å². The van der Waals surface area contributed by atoms with Crippen LogP contribution in [0.3, 0.4) is 0 Å². The number of carbonyl (C=O) groups is 2. The number of amides is 1. The predicted molar refractivity (Wildman–Crippen MR) is 146 cm³/mol. The van der Waals surface area contributed by atoms with Crippen LogP contribution in [-0.2, 0) is 9.53 Å². The van der Waals surface area contributed by atoms with Gasteiger partial charge in [-0.3, -0.25) is 9.69 Å². The molecule has 12 heteroatoms. The summed E-state index contributed by atoms with van der Waals surface area (Å²) in [5, 5.41) is 5.64. The molecule has 0 bridgehead atoms. The average Bonchev–Trinajstić information content (AvgIpc) is 3.23. The number of allylic oxidation sites excluding steroid dienone is 1. The maximum Gasteiger partial charge on any atom is 0.338 e. The van der Waals surface area contributed by atoms with E-state index in [1.165, 1.54) is 31.0 Å². The topological polar surface area (TPSA) is 89.5 Å². The Hall–Kier alpha value is -2.85. The number of ether oxygens (including phenoxy) is 3. The summed E-state index contributed by atoms with van der Waals surface area (Å²) in [6.45, 7) is 3.65. The summed E-state index contributed by atoms with van der Waals surface area (Å²) in [5.74, 6) is 0.344. The third-order valence-corrected chi connectivity index (χ3v) is 7.29. The number of carbonyl (C=O) groups excluding carboxylic acids is 2. The number of hydrogen-bond donors (Lipinski definition) is 1. The summed E-state index contributed by atoms with van der Waals surface area (Å²) >= 11 is 19.8. The lowest BCUT2D eigenvalue weighted by Gasteiger charge is -2.36. The van der Waals surface area contributed by atoms with E-state index in [0.29, 0.717) is 44.3 Å². The van der Waals surface area contributed by atoms with Gasteiger partial charge in [-0.05, 0) is 38.1 Å². The molecule has 0 aliphatic carbocycles. The number of halogens is 3. The summed E-state index contributed by atoms with van der Waals surface area (Å²) < 4.78 is 16.4. The van der Waals surface area contributed by atoms with Crippen LogP contribution in [0.4, 0.5) is 0 Å². The molecule has 2 aromatic rings. The van der Waals surface area contributed by atoms with Gasteiger partial charge in [-0.15, -0.1) is 0 Å². The molecule has 4 rings (SSSR count). The number of amidine groups is 1. The summed E-state index contributed by atoms with van der Waals surface area (Å²) in [6.07, 6.45) is 0. The van der Waals surface area contributed by atoms with E-state index >= 15 is 0 Å². The van der Waals surface area contributed by atoms with Crippen molar-refractivity contribution in [2.24, 2.45) is 4.99 Å². The molecule has 0 spiro atoms. The van der Waals surface area contributed by atoms with Crippen LogP contribution >= 0.6 is 46.6 Å². The lowest BCUT2D eigenvalue weighted by Crippen LogP contribution is -2.42. The van der Waals surface area contributed by atoms with Gasteiger partial charge in [0.15, 0.2) is 5.17 Å². The van der Waals surface area contributed by atoms with Crippen LogP contribution in [0, 0.1) is 0 Å². The zero-order valence-corrected chi connectivity index (χ0v) is 23.3. The molecule has 2 aliphatic rings. The Bertz CT molecular complexity index is 1350. The van der Waals surface area contributed by atoms with Gasteiger partial charge in [-0.25, -0.2) is 9.79 Å². The van der Waals surface area contributed by atoms with Gasteiger partial charge in [-0.1, -0.05) is 46.6 Å². The van der Waals surface area contributed by atoms with Crippen molar-refractivity contribution in [1.82, 2.24) is 10.2 Å². The number of fused-ring (bicyclic) bond motifs is 1. The molecule has 0 saturated carbocycles. The van der Waals surface area contributed by atoms with Crippen LogP contribution in [0.15, 0.2) is 57.8 Å². The molecule has 8 nitrogen and oxygen atoms in total. The largest absolute Gasteiger partial charge is 0.497 e. The Kier molecular flexibility index (Phi) is 8.28. The second-order valence-corrected chi connectivity index (χ2v) is 9.90. The third-order valence-electron chi connectivity index (χ3n) is 5.63. The SMILES string of the molecule is CCOC(=O)C1=C(C)N=C2SC=C(NC(=O)c3c(Cl)cc(Cl)cc3Cl)N2C1c1ccc(OC)cc1OC. The molecular weight excluding hydrogens is 561 g/mol. The smallest absolute Gasteiger partial charge is 0.338 e. The van der Waals surface area contributed by atoms with Gasteiger partial charge in [0.25, 0.3) is 5.91 Å². The van der Waals surface area contributed by atoms with Crippen LogP contribution in [0.25, 0.3) is 0 Å².